The van der Waals surface area contributed by atoms with Gasteiger partial charge in [-0.2, -0.15) is 13.2 Å². The van der Waals surface area contributed by atoms with Crippen LogP contribution in [0.4, 0.5) is 18.9 Å². The molecule has 1 aliphatic carbocycles. The van der Waals surface area contributed by atoms with Crippen molar-refractivity contribution in [2.75, 3.05) is 57.4 Å². The number of carbonyl (C=O) groups is 2. The summed E-state index contributed by atoms with van der Waals surface area (Å²) in [6.07, 6.45) is -2.26. The Kier molecular flexibility index (Phi) is 5.98. The van der Waals surface area contributed by atoms with Crippen LogP contribution in [0.25, 0.3) is 0 Å². The Balaban J connectivity index is 1.36. The van der Waals surface area contributed by atoms with Crippen molar-refractivity contribution in [1.29, 1.82) is 0 Å². The van der Waals surface area contributed by atoms with Gasteiger partial charge in [-0.1, -0.05) is 0 Å². The van der Waals surface area contributed by atoms with Gasteiger partial charge in [-0.15, -0.1) is 0 Å². The van der Waals surface area contributed by atoms with E-state index in [1.54, 1.807) is 0 Å². The quantitative estimate of drug-likeness (QED) is 0.729. The minimum Gasteiger partial charge on any atom is -0.378 e. The number of hydrogen-bond donors (Lipinski definition) is 1. The number of morpholine rings is 1. The van der Waals surface area contributed by atoms with Gasteiger partial charge in [0, 0.05) is 44.5 Å². The van der Waals surface area contributed by atoms with Gasteiger partial charge in [0.15, 0.2) is 0 Å². The van der Waals surface area contributed by atoms with Crippen molar-refractivity contribution >= 4 is 17.5 Å². The van der Waals surface area contributed by atoms with E-state index in [4.69, 9.17) is 4.74 Å². The zero-order chi connectivity index (χ0) is 23.2. The number of nitrogens with one attached hydrogen (secondary N) is 1. The fraction of sp³-hybridized carbons (Fsp3) is 0.652. The van der Waals surface area contributed by atoms with Crippen molar-refractivity contribution in [2.45, 2.75) is 37.5 Å². The van der Waals surface area contributed by atoms with E-state index in [2.05, 4.69) is 15.1 Å². The van der Waals surface area contributed by atoms with E-state index in [9.17, 15) is 22.8 Å². The first-order valence-electron chi connectivity index (χ1n) is 11.6. The monoisotopic (exact) mass is 466 g/mol. The van der Waals surface area contributed by atoms with Crippen LogP contribution in [-0.2, 0) is 26.9 Å². The fourth-order valence-corrected chi connectivity index (χ4v) is 5.14. The number of carbonyl (C=O) groups excluding carboxylic acids is 2. The van der Waals surface area contributed by atoms with Crippen molar-refractivity contribution in [1.82, 2.24) is 15.1 Å². The summed E-state index contributed by atoms with van der Waals surface area (Å²) in [6, 6.07) is 3.84. The van der Waals surface area contributed by atoms with E-state index in [-0.39, 0.29) is 36.9 Å². The molecule has 2 amide bonds. The highest BCUT2D eigenvalue weighted by Crippen LogP contribution is 2.40. The van der Waals surface area contributed by atoms with Crippen LogP contribution >= 0.6 is 0 Å². The smallest absolute Gasteiger partial charge is 0.378 e. The molecule has 2 unspecified atom stereocenters. The summed E-state index contributed by atoms with van der Waals surface area (Å²) in [5.74, 6) is -0.503. The predicted octanol–water partition coefficient (Wildman–Crippen LogP) is 1.51. The van der Waals surface area contributed by atoms with Crippen molar-refractivity contribution < 1.29 is 27.5 Å². The maximum atomic E-state index is 13.3. The summed E-state index contributed by atoms with van der Waals surface area (Å²) in [7, 11) is 0. The standard InChI is InChI=1S/C23H29F3N4O3/c24-23(25,26)16-1-4-19-15(11-16)12-18(22(32)27-17-2-3-17)20-13-28(5-6-30(19)20)14-21(31)29-7-9-33-10-8-29/h1,4,11,17-18,20H,2-3,5-10,12-14H2,(H,27,32). The average molecular weight is 467 g/mol. The van der Waals surface area contributed by atoms with Crippen LogP contribution in [0, 0.1) is 5.92 Å². The predicted molar refractivity (Wildman–Crippen MR) is 115 cm³/mol. The van der Waals surface area contributed by atoms with Crippen LogP contribution in [0.15, 0.2) is 18.2 Å². The molecule has 7 nitrogen and oxygen atoms in total. The molecule has 2 saturated heterocycles. The molecular weight excluding hydrogens is 437 g/mol. The normalized spacial score (nSPS) is 25.9. The number of nitrogens with zero attached hydrogens (tertiary/aromatic N) is 3. The molecule has 180 valence electrons. The Hall–Kier alpha value is -2.33. The zero-order valence-corrected chi connectivity index (χ0v) is 18.4. The van der Waals surface area contributed by atoms with Crippen LogP contribution in [-0.4, -0.2) is 86.2 Å². The highest BCUT2D eigenvalue weighted by atomic mass is 19.4. The summed E-state index contributed by atoms with van der Waals surface area (Å²) in [5, 5.41) is 3.04. The van der Waals surface area contributed by atoms with E-state index in [0.717, 1.165) is 24.6 Å². The molecular formula is C23H29F3N4O3. The minimum atomic E-state index is -4.42. The lowest BCUT2D eigenvalue weighted by Crippen LogP contribution is -2.62. The lowest BCUT2D eigenvalue weighted by molar-refractivity contribution is -0.138. The number of amides is 2. The third kappa shape index (κ3) is 4.82. The number of anilines is 1. The van der Waals surface area contributed by atoms with E-state index < -0.39 is 17.7 Å². The molecule has 0 spiro atoms. The summed E-state index contributed by atoms with van der Waals surface area (Å²) in [5.41, 5.74) is 0.647. The molecule has 5 rings (SSSR count). The molecule has 2 atom stereocenters. The van der Waals surface area contributed by atoms with Crippen LogP contribution in [0.3, 0.4) is 0 Å². The van der Waals surface area contributed by atoms with Gasteiger partial charge in [-0.25, -0.2) is 0 Å². The van der Waals surface area contributed by atoms with Gasteiger partial charge in [-0.05, 0) is 43.0 Å². The van der Waals surface area contributed by atoms with Gasteiger partial charge < -0.3 is 19.9 Å². The molecule has 3 fully saturated rings. The Labute approximate surface area is 190 Å². The van der Waals surface area contributed by atoms with Crippen molar-refractivity contribution in [2.24, 2.45) is 5.92 Å². The number of halogens is 3. The Morgan fingerprint density at radius 2 is 1.85 bits per heavy atom. The first-order chi connectivity index (χ1) is 15.8. The average Bonchev–Trinajstić information content (AvgIpc) is 3.62. The topological polar surface area (TPSA) is 65.1 Å². The van der Waals surface area contributed by atoms with Gasteiger partial charge in [0.2, 0.25) is 11.8 Å². The van der Waals surface area contributed by atoms with Gasteiger partial charge in [-0.3, -0.25) is 14.5 Å². The van der Waals surface area contributed by atoms with Gasteiger partial charge in [0.05, 0.1) is 37.3 Å². The second-order valence-electron chi connectivity index (χ2n) is 9.42. The molecule has 1 aromatic carbocycles. The van der Waals surface area contributed by atoms with E-state index in [0.29, 0.717) is 51.5 Å². The van der Waals surface area contributed by atoms with Crippen LogP contribution in [0.1, 0.15) is 24.0 Å². The molecule has 4 aliphatic rings. The number of piperazine rings is 1. The summed E-state index contributed by atoms with van der Waals surface area (Å²) >= 11 is 0. The number of rotatable bonds is 4. The molecule has 0 aromatic heterocycles. The van der Waals surface area contributed by atoms with E-state index in [1.807, 2.05) is 4.90 Å². The second-order valence-corrected chi connectivity index (χ2v) is 9.42. The number of alkyl halides is 3. The summed E-state index contributed by atoms with van der Waals surface area (Å²) < 4.78 is 45.3. The number of ether oxygens (including phenoxy) is 1. The van der Waals surface area contributed by atoms with Crippen molar-refractivity contribution in [3.8, 4) is 0 Å². The summed E-state index contributed by atoms with van der Waals surface area (Å²) in [4.78, 5) is 31.8. The van der Waals surface area contributed by atoms with Crippen molar-refractivity contribution in [3.05, 3.63) is 29.3 Å². The molecule has 1 aromatic rings. The Morgan fingerprint density at radius 3 is 2.55 bits per heavy atom. The highest BCUT2D eigenvalue weighted by molar-refractivity contribution is 5.83. The summed E-state index contributed by atoms with van der Waals surface area (Å²) in [6.45, 7) is 4.24. The van der Waals surface area contributed by atoms with Crippen LogP contribution < -0.4 is 10.2 Å². The third-order valence-corrected chi connectivity index (χ3v) is 7.11. The molecule has 3 heterocycles. The number of fused-ring (bicyclic) bond motifs is 3. The third-order valence-electron chi connectivity index (χ3n) is 7.11. The van der Waals surface area contributed by atoms with Gasteiger partial charge >= 0.3 is 6.18 Å². The van der Waals surface area contributed by atoms with Crippen molar-refractivity contribution in [3.63, 3.8) is 0 Å². The zero-order valence-electron chi connectivity index (χ0n) is 18.4. The molecule has 33 heavy (non-hydrogen) atoms. The maximum Gasteiger partial charge on any atom is 0.416 e. The second kappa shape index (κ2) is 8.79. The first-order valence-corrected chi connectivity index (χ1v) is 11.6. The molecule has 1 saturated carbocycles. The van der Waals surface area contributed by atoms with Gasteiger partial charge in [0.25, 0.3) is 0 Å². The minimum absolute atomic E-state index is 0.0526. The Bertz CT molecular complexity index is 915. The lowest BCUT2D eigenvalue weighted by atomic mass is 9.82. The number of benzene rings is 1. The molecule has 3 aliphatic heterocycles. The maximum absolute atomic E-state index is 13.3. The largest absolute Gasteiger partial charge is 0.416 e. The fourth-order valence-electron chi connectivity index (χ4n) is 5.14. The van der Waals surface area contributed by atoms with Crippen LogP contribution in [0.5, 0.6) is 0 Å². The number of hydrogen-bond acceptors (Lipinski definition) is 5. The van der Waals surface area contributed by atoms with Crippen LogP contribution in [0.2, 0.25) is 0 Å². The Morgan fingerprint density at radius 1 is 1.09 bits per heavy atom. The van der Waals surface area contributed by atoms with Gasteiger partial charge in [0.1, 0.15) is 0 Å². The molecule has 0 radical (unpaired) electrons. The highest BCUT2D eigenvalue weighted by Gasteiger charge is 2.44. The molecule has 0 bridgehead atoms. The van der Waals surface area contributed by atoms with E-state index >= 15 is 0 Å². The molecule has 10 heteroatoms. The SMILES string of the molecule is O=C(NC1CC1)C1Cc2cc(C(F)(F)F)ccc2N2CCN(CC(=O)N3CCOCC3)CC12. The van der Waals surface area contributed by atoms with E-state index in [1.165, 1.54) is 12.1 Å². The molecule has 1 N–H and O–H groups in total. The first kappa shape index (κ1) is 22.5. The lowest BCUT2D eigenvalue weighted by Gasteiger charge is -2.49.